The minimum absolute atomic E-state index is 0.168. The fourth-order valence-corrected chi connectivity index (χ4v) is 7.32. The summed E-state index contributed by atoms with van der Waals surface area (Å²) in [6.45, 7) is 2.65. The van der Waals surface area contributed by atoms with Gasteiger partial charge >= 0.3 is 0 Å². The Morgan fingerprint density at radius 1 is 1.16 bits per heavy atom. The summed E-state index contributed by atoms with van der Waals surface area (Å²) in [6, 6.07) is 1.96. The fraction of sp³-hybridized carbons (Fsp3) is 0.600. The van der Waals surface area contributed by atoms with Gasteiger partial charge in [0.1, 0.15) is 22.4 Å². The van der Waals surface area contributed by atoms with E-state index in [9.17, 15) is 18.6 Å². The molecule has 0 radical (unpaired) electrons. The summed E-state index contributed by atoms with van der Waals surface area (Å²) in [6.07, 6.45) is 5.62. The van der Waals surface area contributed by atoms with Gasteiger partial charge in [0.25, 0.3) is 0 Å². The van der Waals surface area contributed by atoms with Crippen LogP contribution < -0.4 is 15.4 Å². The predicted octanol–water partition coefficient (Wildman–Crippen LogP) is 2.58. The van der Waals surface area contributed by atoms with E-state index in [1.54, 1.807) is 0 Å². The number of nitrogens with one attached hydrogen (secondary N) is 3. The molecule has 0 amide bonds. The SMILES string of the molecule is CNS(=O)(=O)CC1CCC(O)(Nc2nc(NCC3CC3)nc(C)c2-c2nc3c(C4CC4)nccc3s2)C1O. The molecule has 11 nitrogen and oxygen atoms in total. The Balaban J connectivity index is 1.37. The van der Waals surface area contributed by atoms with E-state index in [1.165, 1.54) is 31.2 Å². The van der Waals surface area contributed by atoms with Crippen molar-refractivity contribution in [3.63, 3.8) is 0 Å². The molecule has 204 valence electrons. The highest BCUT2D eigenvalue weighted by atomic mass is 32.2. The summed E-state index contributed by atoms with van der Waals surface area (Å²) in [4.78, 5) is 19.0. The average molecular weight is 560 g/mol. The maximum absolute atomic E-state index is 12.1. The second-order valence-electron chi connectivity index (χ2n) is 10.8. The van der Waals surface area contributed by atoms with Gasteiger partial charge in [-0.05, 0) is 64.5 Å². The van der Waals surface area contributed by atoms with Crippen LogP contribution in [0.2, 0.25) is 0 Å². The topological polar surface area (TPSA) is 162 Å². The number of anilines is 2. The van der Waals surface area contributed by atoms with Gasteiger partial charge in [0.15, 0.2) is 5.72 Å². The van der Waals surface area contributed by atoms with E-state index in [4.69, 9.17) is 15.0 Å². The zero-order valence-corrected chi connectivity index (χ0v) is 23.1. The van der Waals surface area contributed by atoms with Gasteiger partial charge in [-0.1, -0.05) is 0 Å². The van der Waals surface area contributed by atoms with Gasteiger partial charge in [0.2, 0.25) is 16.0 Å². The zero-order chi connectivity index (χ0) is 26.7. The number of pyridine rings is 1. The number of nitrogens with zero attached hydrogens (tertiary/aromatic N) is 4. The van der Waals surface area contributed by atoms with Crippen molar-refractivity contribution in [3.05, 3.63) is 23.7 Å². The molecule has 0 aromatic carbocycles. The molecule has 0 bridgehead atoms. The molecule has 13 heteroatoms. The van der Waals surface area contributed by atoms with E-state index in [1.807, 2.05) is 19.2 Å². The molecule has 3 unspecified atom stereocenters. The Labute approximate surface area is 225 Å². The smallest absolute Gasteiger partial charge is 0.224 e. The molecule has 3 fully saturated rings. The number of aliphatic hydroxyl groups excluding tert-OH is 1. The van der Waals surface area contributed by atoms with Crippen molar-refractivity contribution in [2.45, 2.75) is 63.2 Å². The van der Waals surface area contributed by atoms with Crippen molar-refractivity contribution < 1.29 is 18.6 Å². The van der Waals surface area contributed by atoms with Crippen LogP contribution in [0.15, 0.2) is 12.3 Å². The molecule has 0 saturated heterocycles. The molecule has 6 rings (SSSR count). The van der Waals surface area contributed by atoms with Crippen LogP contribution in [0, 0.1) is 18.8 Å². The monoisotopic (exact) mass is 559 g/mol. The average Bonchev–Trinajstić information content (AvgIpc) is 3.81. The minimum atomic E-state index is -3.55. The van der Waals surface area contributed by atoms with Crippen molar-refractivity contribution in [1.29, 1.82) is 0 Å². The molecule has 3 aromatic rings. The lowest BCUT2D eigenvalue weighted by atomic mass is 10.0. The van der Waals surface area contributed by atoms with Crippen LogP contribution in [0.5, 0.6) is 0 Å². The summed E-state index contributed by atoms with van der Waals surface area (Å²) in [5.41, 5.74) is 1.48. The van der Waals surface area contributed by atoms with Crippen LogP contribution in [0.4, 0.5) is 11.8 Å². The second-order valence-corrected chi connectivity index (χ2v) is 13.8. The molecule has 0 spiro atoms. The van der Waals surface area contributed by atoms with Gasteiger partial charge in [-0.15, -0.1) is 11.3 Å². The van der Waals surface area contributed by atoms with Crippen molar-refractivity contribution in [2.24, 2.45) is 11.8 Å². The lowest BCUT2D eigenvalue weighted by Gasteiger charge is -2.31. The lowest BCUT2D eigenvalue weighted by molar-refractivity contribution is -0.0442. The van der Waals surface area contributed by atoms with Crippen molar-refractivity contribution in [1.82, 2.24) is 24.7 Å². The van der Waals surface area contributed by atoms with Crippen molar-refractivity contribution in [3.8, 4) is 10.6 Å². The number of hydrogen-bond donors (Lipinski definition) is 5. The molecular formula is C25H33N7O4S2. The van der Waals surface area contributed by atoms with E-state index >= 15 is 0 Å². The number of aliphatic hydroxyl groups is 2. The summed E-state index contributed by atoms with van der Waals surface area (Å²) in [7, 11) is -2.21. The lowest BCUT2D eigenvalue weighted by Crippen LogP contribution is -2.48. The number of thiazole rings is 1. The summed E-state index contributed by atoms with van der Waals surface area (Å²) < 4.78 is 27.6. The van der Waals surface area contributed by atoms with Crippen LogP contribution in [-0.4, -0.2) is 69.7 Å². The third-order valence-corrected chi connectivity index (χ3v) is 10.3. The Bertz CT molecular complexity index is 1470. The number of fused-ring (bicyclic) bond motifs is 1. The number of rotatable bonds is 10. The van der Waals surface area contributed by atoms with Crippen molar-refractivity contribution >= 4 is 43.3 Å². The van der Waals surface area contributed by atoms with Gasteiger partial charge in [-0.2, -0.15) is 4.98 Å². The van der Waals surface area contributed by atoms with Gasteiger partial charge in [0.05, 0.1) is 27.4 Å². The Kier molecular flexibility index (Phi) is 6.54. The first-order valence-electron chi connectivity index (χ1n) is 13.1. The highest BCUT2D eigenvalue weighted by Gasteiger charge is 2.48. The number of aromatic nitrogens is 4. The fourth-order valence-electron chi connectivity index (χ4n) is 5.18. The predicted molar refractivity (Wildman–Crippen MR) is 147 cm³/mol. The first-order chi connectivity index (χ1) is 18.2. The molecule has 5 N–H and O–H groups in total. The third-order valence-electron chi connectivity index (χ3n) is 7.76. The third kappa shape index (κ3) is 5.09. The van der Waals surface area contributed by atoms with Crippen LogP contribution in [0.1, 0.15) is 55.8 Å². The second kappa shape index (κ2) is 9.63. The quantitative estimate of drug-likeness (QED) is 0.233. The summed E-state index contributed by atoms with van der Waals surface area (Å²) in [5, 5.41) is 29.7. The number of sulfonamides is 1. The van der Waals surface area contributed by atoms with Crippen molar-refractivity contribution in [2.75, 3.05) is 30.0 Å². The van der Waals surface area contributed by atoms with E-state index in [0.29, 0.717) is 46.3 Å². The van der Waals surface area contributed by atoms with E-state index in [-0.39, 0.29) is 12.2 Å². The van der Waals surface area contributed by atoms with Gasteiger partial charge in [0, 0.05) is 24.6 Å². The van der Waals surface area contributed by atoms with Gasteiger partial charge in [-0.3, -0.25) is 4.98 Å². The Morgan fingerprint density at radius 3 is 2.66 bits per heavy atom. The molecule has 3 aromatic heterocycles. The zero-order valence-electron chi connectivity index (χ0n) is 21.4. The first kappa shape index (κ1) is 25.8. The Morgan fingerprint density at radius 2 is 1.95 bits per heavy atom. The first-order valence-corrected chi connectivity index (χ1v) is 15.6. The largest absolute Gasteiger partial charge is 0.388 e. The van der Waals surface area contributed by atoms with Crippen LogP contribution in [-0.2, 0) is 10.0 Å². The maximum atomic E-state index is 12.1. The van der Waals surface area contributed by atoms with Gasteiger partial charge < -0.3 is 20.8 Å². The van der Waals surface area contributed by atoms with Crippen LogP contribution >= 0.6 is 11.3 Å². The Hall–Kier alpha value is -2.45. The van der Waals surface area contributed by atoms with E-state index in [2.05, 4.69) is 20.3 Å². The number of aryl methyl sites for hydroxylation is 1. The van der Waals surface area contributed by atoms with E-state index in [0.717, 1.165) is 35.3 Å². The summed E-state index contributed by atoms with van der Waals surface area (Å²) in [5.74, 6) is 0.953. The van der Waals surface area contributed by atoms with Gasteiger partial charge in [-0.25, -0.2) is 23.1 Å². The molecule has 3 aliphatic carbocycles. The highest BCUT2D eigenvalue weighted by molar-refractivity contribution is 7.89. The van der Waals surface area contributed by atoms with E-state index < -0.39 is 27.8 Å². The molecule has 3 aliphatic rings. The molecule has 0 aliphatic heterocycles. The molecular weight excluding hydrogens is 526 g/mol. The molecule has 38 heavy (non-hydrogen) atoms. The summed E-state index contributed by atoms with van der Waals surface area (Å²) >= 11 is 1.52. The van der Waals surface area contributed by atoms with Crippen LogP contribution in [0.3, 0.4) is 0 Å². The maximum Gasteiger partial charge on any atom is 0.224 e. The van der Waals surface area contributed by atoms with Crippen LogP contribution in [0.25, 0.3) is 20.8 Å². The molecule has 3 saturated carbocycles. The minimum Gasteiger partial charge on any atom is -0.388 e. The normalized spacial score (nSPS) is 25.7. The molecule has 3 atom stereocenters. The standard InChI is InChI=1S/C25H33N7O4S2/c1-13-18(23-30-20-17(37-23)8-10-27-19(20)15-5-6-15)22(31-24(29-13)28-11-14-3-4-14)32-25(34)9-7-16(21(25)33)12-38(35,36)26-2/h8,10,14-16,21,26,33-34H,3-7,9,11-12H2,1-2H3,(H2,28,29,31,32). The highest BCUT2D eigenvalue weighted by Crippen LogP contribution is 2.45. The molecule has 3 heterocycles. The number of hydrogen-bond acceptors (Lipinski definition) is 11.